The summed E-state index contributed by atoms with van der Waals surface area (Å²) in [6, 6.07) is 10.0. The number of fused-ring (bicyclic) bond motifs is 3. The Bertz CT molecular complexity index is 1170. The Labute approximate surface area is 163 Å². The molecule has 3 aromatic heterocycles. The van der Waals surface area contributed by atoms with Gasteiger partial charge in [-0.2, -0.15) is 10.2 Å². The number of rotatable bonds is 5. The van der Waals surface area contributed by atoms with Crippen LogP contribution >= 0.6 is 0 Å². The monoisotopic (exact) mass is 376 g/mol. The van der Waals surface area contributed by atoms with Crippen LogP contribution in [-0.2, 0) is 11.2 Å². The van der Waals surface area contributed by atoms with Crippen molar-refractivity contribution < 1.29 is 4.79 Å². The van der Waals surface area contributed by atoms with Crippen LogP contribution in [0.25, 0.3) is 16.6 Å². The lowest BCUT2D eigenvalue weighted by Gasteiger charge is -2.13. The number of benzene rings is 1. The van der Waals surface area contributed by atoms with Gasteiger partial charge in [-0.25, -0.2) is 14.2 Å². The summed E-state index contributed by atoms with van der Waals surface area (Å²) in [5.74, 6) is 0.687. The number of anilines is 1. The quantitative estimate of drug-likeness (QED) is 0.574. The number of nitrogens with zero attached hydrogens (tertiary/aromatic N) is 5. The molecule has 0 fully saturated rings. The highest BCUT2D eigenvalue weighted by Gasteiger charge is 2.16. The third kappa shape index (κ3) is 3.13. The molecule has 0 radical (unpaired) electrons. The van der Waals surface area contributed by atoms with Crippen LogP contribution in [0.1, 0.15) is 43.3 Å². The van der Waals surface area contributed by atoms with Crippen LogP contribution in [0.3, 0.4) is 0 Å². The first-order valence-corrected chi connectivity index (χ1v) is 9.52. The van der Waals surface area contributed by atoms with Gasteiger partial charge in [-0.05, 0) is 51.8 Å². The maximum absolute atomic E-state index is 12.5. The summed E-state index contributed by atoms with van der Waals surface area (Å²) in [7, 11) is 0. The number of aryl methyl sites for hydroxylation is 2. The van der Waals surface area contributed by atoms with Gasteiger partial charge in [-0.1, -0.05) is 12.1 Å². The molecule has 0 atom stereocenters. The number of amides is 1. The number of nitrogens with one attached hydrogen (secondary N) is 1. The van der Waals surface area contributed by atoms with Crippen molar-refractivity contribution >= 4 is 28.3 Å². The fourth-order valence-electron chi connectivity index (χ4n) is 3.61. The lowest BCUT2D eigenvalue weighted by Crippen LogP contribution is -2.17. The van der Waals surface area contributed by atoms with Gasteiger partial charge in [-0.15, -0.1) is 0 Å². The first-order chi connectivity index (χ1) is 13.5. The highest BCUT2D eigenvalue weighted by atomic mass is 16.1. The Kier molecular flexibility index (Phi) is 4.58. The first-order valence-electron chi connectivity index (χ1n) is 9.52. The van der Waals surface area contributed by atoms with Gasteiger partial charge in [0.05, 0.1) is 11.7 Å². The Morgan fingerprint density at radius 3 is 2.75 bits per heavy atom. The van der Waals surface area contributed by atoms with Crippen molar-refractivity contribution in [2.24, 2.45) is 0 Å². The van der Waals surface area contributed by atoms with Crippen LogP contribution in [0.5, 0.6) is 0 Å². The minimum Gasteiger partial charge on any atom is -0.311 e. The van der Waals surface area contributed by atoms with Gasteiger partial charge in [0.2, 0.25) is 5.91 Å². The van der Waals surface area contributed by atoms with E-state index in [1.165, 1.54) is 0 Å². The zero-order valence-corrected chi connectivity index (χ0v) is 16.6. The molecular weight excluding hydrogens is 352 g/mol. The zero-order chi connectivity index (χ0) is 19.8. The molecule has 0 unspecified atom stereocenters. The molecule has 0 bridgehead atoms. The molecule has 4 rings (SSSR count). The first kappa shape index (κ1) is 18.2. The highest BCUT2D eigenvalue weighted by molar-refractivity contribution is 5.92. The third-order valence-electron chi connectivity index (χ3n) is 5.05. The van der Waals surface area contributed by atoms with Crippen LogP contribution in [0.2, 0.25) is 0 Å². The second-order valence-corrected chi connectivity index (χ2v) is 7.32. The SMILES string of the molecule is Cc1nc2c3ccccc3nn2c(C)c1CCC(=O)Nc1ccnn1C(C)C. The predicted molar refractivity (Wildman–Crippen MR) is 110 cm³/mol. The number of hydrogen-bond acceptors (Lipinski definition) is 4. The molecule has 1 aromatic carbocycles. The molecule has 1 amide bonds. The molecule has 4 aromatic rings. The summed E-state index contributed by atoms with van der Waals surface area (Å²) >= 11 is 0. The van der Waals surface area contributed by atoms with Gasteiger partial charge in [0.1, 0.15) is 5.82 Å². The smallest absolute Gasteiger partial charge is 0.225 e. The molecular formula is C21H24N6O. The zero-order valence-electron chi connectivity index (χ0n) is 16.6. The van der Waals surface area contributed by atoms with E-state index in [0.717, 1.165) is 39.3 Å². The maximum atomic E-state index is 12.5. The summed E-state index contributed by atoms with van der Waals surface area (Å²) in [5.41, 5.74) is 4.82. The van der Waals surface area contributed by atoms with E-state index >= 15 is 0 Å². The van der Waals surface area contributed by atoms with Gasteiger partial charge >= 0.3 is 0 Å². The van der Waals surface area contributed by atoms with Crippen molar-refractivity contribution in [3.8, 4) is 0 Å². The molecule has 0 saturated heterocycles. The van der Waals surface area contributed by atoms with Gasteiger partial charge in [0, 0.05) is 35.3 Å². The summed E-state index contributed by atoms with van der Waals surface area (Å²) in [6.45, 7) is 8.10. The van der Waals surface area contributed by atoms with Crippen LogP contribution < -0.4 is 5.32 Å². The van der Waals surface area contributed by atoms with Crippen molar-refractivity contribution in [3.63, 3.8) is 0 Å². The molecule has 7 nitrogen and oxygen atoms in total. The molecule has 0 aliphatic rings. The Hall–Kier alpha value is -3.22. The molecule has 1 N–H and O–H groups in total. The molecule has 0 spiro atoms. The van der Waals surface area contributed by atoms with Crippen LogP contribution in [-0.4, -0.2) is 30.3 Å². The highest BCUT2D eigenvalue weighted by Crippen LogP contribution is 2.23. The Balaban J connectivity index is 1.57. The minimum absolute atomic E-state index is 0.0353. The average molecular weight is 376 g/mol. The van der Waals surface area contributed by atoms with E-state index in [9.17, 15) is 4.79 Å². The van der Waals surface area contributed by atoms with E-state index in [1.54, 1.807) is 10.9 Å². The fourth-order valence-corrected chi connectivity index (χ4v) is 3.61. The van der Waals surface area contributed by atoms with Crippen molar-refractivity contribution in [2.45, 2.75) is 46.6 Å². The van der Waals surface area contributed by atoms with E-state index < -0.39 is 0 Å². The molecule has 7 heteroatoms. The summed E-state index contributed by atoms with van der Waals surface area (Å²) < 4.78 is 3.69. The number of carbonyl (C=O) groups excluding carboxylic acids is 1. The molecule has 0 aliphatic carbocycles. The normalized spacial score (nSPS) is 11.6. The average Bonchev–Trinajstić information content (AvgIpc) is 3.26. The summed E-state index contributed by atoms with van der Waals surface area (Å²) in [5, 5.41) is 12.9. The van der Waals surface area contributed by atoms with Crippen LogP contribution in [0.15, 0.2) is 36.5 Å². The van der Waals surface area contributed by atoms with Gasteiger partial charge in [0.15, 0.2) is 5.65 Å². The molecule has 0 aliphatic heterocycles. The predicted octanol–water partition coefficient (Wildman–Crippen LogP) is 3.85. The molecule has 28 heavy (non-hydrogen) atoms. The Morgan fingerprint density at radius 1 is 1.18 bits per heavy atom. The molecule has 144 valence electrons. The lowest BCUT2D eigenvalue weighted by molar-refractivity contribution is -0.116. The van der Waals surface area contributed by atoms with E-state index in [0.29, 0.717) is 12.8 Å². The van der Waals surface area contributed by atoms with Crippen molar-refractivity contribution in [1.29, 1.82) is 0 Å². The van der Waals surface area contributed by atoms with Crippen molar-refractivity contribution in [1.82, 2.24) is 24.4 Å². The standard InChI is InChI=1S/C21H24N6O/c1-13(2)26-19(11-12-22-26)24-20(28)10-9-16-14(3)23-21-17-7-5-6-8-18(17)25-27(21)15(16)4/h5-8,11-13H,9-10H2,1-4H3,(H,24,28). The van der Waals surface area contributed by atoms with E-state index in [2.05, 4.69) is 15.5 Å². The van der Waals surface area contributed by atoms with Crippen LogP contribution in [0, 0.1) is 13.8 Å². The second kappa shape index (κ2) is 7.07. The van der Waals surface area contributed by atoms with Crippen LogP contribution in [0.4, 0.5) is 5.82 Å². The third-order valence-corrected chi connectivity index (χ3v) is 5.05. The second-order valence-electron chi connectivity index (χ2n) is 7.32. The number of carbonyl (C=O) groups is 1. The topological polar surface area (TPSA) is 77.1 Å². The summed E-state index contributed by atoms with van der Waals surface area (Å²) in [6.07, 6.45) is 2.68. The maximum Gasteiger partial charge on any atom is 0.225 e. The largest absolute Gasteiger partial charge is 0.311 e. The van der Waals surface area contributed by atoms with Crippen molar-refractivity contribution in [2.75, 3.05) is 5.32 Å². The summed E-state index contributed by atoms with van der Waals surface area (Å²) in [4.78, 5) is 17.3. The van der Waals surface area contributed by atoms with E-state index in [4.69, 9.17) is 4.98 Å². The Morgan fingerprint density at radius 2 is 1.96 bits per heavy atom. The van der Waals surface area contributed by atoms with Gasteiger partial charge in [-0.3, -0.25) is 4.79 Å². The van der Waals surface area contributed by atoms with E-state index in [1.807, 2.05) is 62.5 Å². The fraction of sp³-hybridized carbons (Fsp3) is 0.333. The molecule has 3 heterocycles. The minimum atomic E-state index is -0.0353. The number of aromatic nitrogens is 5. The molecule has 0 saturated carbocycles. The van der Waals surface area contributed by atoms with Gasteiger partial charge < -0.3 is 5.32 Å². The lowest BCUT2D eigenvalue weighted by atomic mass is 10.1. The van der Waals surface area contributed by atoms with Crippen molar-refractivity contribution in [3.05, 3.63) is 53.5 Å². The van der Waals surface area contributed by atoms with E-state index in [-0.39, 0.29) is 11.9 Å². The van der Waals surface area contributed by atoms with Gasteiger partial charge in [0.25, 0.3) is 0 Å². The number of hydrogen-bond donors (Lipinski definition) is 1.